The van der Waals surface area contributed by atoms with Crippen molar-refractivity contribution in [1.29, 1.82) is 0 Å². The molecular formula is C15H20N2O3. The Bertz CT molecular complexity index is 514. The third kappa shape index (κ3) is 3.10. The van der Waals surface area contributed by atoms with Crippen LogP contribution in [0.2, 0.25) is 0 Å². The maximum absolute atomic E-state index is 12.2. The first-order valence-electron chi connectivity index (χ1n) is 6.87. The fourth-order valence-corrected chi connectivity index (χ4v) is 2.49. The van der Waals surface area contributed by atoms with Crippen LogP contribution < -0.4 is 5.32 Å². The quantitative estimate of drug-likeness (QED) is 0.891. The van der Waals surface area contributed by atoms with Gasteiger partial charge in [-0.2, -0.15) is 0 Å². The maximum atomic E-state index is 12.2. The molecule has 1 aliphatic rings. The van der Waals surface area contributed by atoms with Crippen molar-refractivity contribution >= 4 is 17.7 Å². The van der Waals surface area contributed by atoms with Crippen molar-refractivity contribution in [3.63, 3.8) is 0 Å². The van der Waals surface area contributed by atoms with Crippen LogP contribution in [0.4, 0.5) is 10.5 Å². The average Bonchev–Trinajstić information content (AvgIpc) is 2.89. The van der Waals surface area contributed by atoms with Gasteiger partial charge in [0.2, 0.25) is 0 Å². The molecule has 5 heteroatoms. The van der Waals surface area contributed by atoms with E-state index >= 15 is 0 Å². The molecule has 5 nitrogen and oxygen atoms in total. The van der Waals surface area contributed by atoms with Crippen molar-refractivity contribution in [2.45, 2.75) is 20.3 Å². The van der Waals surface area contributed by atoms with Crippen LogP contribution in [0.1, 0.15) is 30.6 Å². The number of hydrogen-bond donors (Lipinski definition) is 2. The molecule has 1 heterocycles. The Balaban J connectivity index is 2.04. The monoisotopic (exact) mass is 276 g/mol. The van der Waals surface area contributed by atoms with Crippen molar-refractivity contribution in [3.8, 4) is 0 Å². The lowest BCUT2D eigenvalue weighted by atomic mass is 9.95. The minimum Gasteiger partial charge on any atom is -0.478 e. The summed E-state index contributed by atoms with van der Waals surface area (Å²) in [5, 5.41) is 11.8. The highest BCUT2D eigenvalue weighted by molar-refractivity contribution is 6.00. The number of carbonyl (C=O) groups is 2. The summed E-state index contributed by atoms with van der Waals surface area (Å²) in [6, 6.07) is 6.23. The molecule has 0 spiro atoms. The third-order valence-corrected chi connectivity index (χ3v) is 3.85. The van der Waals surface area contributed by atoms with E-state index in [1.807, 2.05) is 0 Å². The zero-order valence-electron chi connectivity index (χ0n) is 11.8. The van der Waals surface area contributed by atoms with Crippen LogP contribution >= 0.6 is 0 Å². The molecule has 1 atom stereocenters. The standard InChI is InChI=1S/C15H20N2O3/c1-10(2)11-7-8-17(9-11)15(20)16-13-6-4-3-5-12(13)14(18)19/h3-6,10-11H,7-9H2,1-2H3,(H,16,20)(H,18,19). The summed E-state index contributed by atoms with van der Waals surface area (Å²) in [5.74, 6) is 0.0388. The lowest BCUT2D eigenvalue weighted by Gasteiger charge is -2.19. The second kappa shape index (κ2) is 5.94. The van der Waals surface area contributed by atoms with E-state index in [1.54, 1.807) is 23.1 Å². The second-order valence-electron chi connectivity index (χ2n) is 5.52. The van der Waals surface area contributed by atoms with Gasteiger partial charge < -0.3 is 15.3 Å². The molecule has 2 N–H and O–H groups in total. The number of benzene rings is 1. The number of carbonyl (C=O) groups excluding carboxylic acids is 1. The van der Waals surface area contributed by atoms with Crippen LogP contribution in [0.15, 0.2) is 24.3 Å². The van der Waals surface area contributed by atoms with Gasteiger partial charge in [0.05, 0.1) is 11.3 Å². The van der Waals surface area contributed by atoms with Gasteiger partial charge in [0.1, 0.15) is 0 Å². The van der Waals surface area contributed by atoms with Crippen molar-refractivity contribution in [3.05, 3.63) is 29.8 Å². The van der Waals surface area contributed by atoms with E-state index in [0.29, 0.717) is 17.5 Å². The van der Waals surface area contributed by atoms with E-state index in [9.17, 15) is 9.59 Å². The summed E-state index contributed by atoms with van der Waals surface area (Å²) in [6.45, 7) is 5.78. The van der Waals surface area contributed by atoms with Gasteiger partial charge in [0.15, 0.2) is 0 Å². The van der Waals surface area contributed by atoms with Crippen molar-refractivity contribution < 1.29 is 14.7 Å². The molecule has 20 heavy (non-hydrogen) atoms. The van der Waals surface area contributed by atoms with Gasteiger partial charge in [-0.15, -0.1) is 0 Å². The molecule has 1 aliphatic heterocycles. The molecule has 0 aromatic heterocycles. The predicted molar refractivity (Wildman–Crippen MR) is 76.9 cm³/mol. The smallest absolute Gasteiger partial charge is 0.337 e. The van der Waals surface area contributed by atoms with Crippen molar-refractivity contribution in [2.24, 2.45) is 11.8 Å². The number of rotatable bonds is 3. The minimum atomic E-state index is -1.04. The van der Waals surface area contributed by atoms with Gasteiger partial charge in [0, 0.05) is 13.1 Å². The molecule has 0 saturated carbocycles. The van der Waals surface area contributed by atoms with Gasteiger partial charge in [0.25, 0.3) is 0 Å². The Morgan fingerprint density at radius 1 is 1.35 bits per heavy atom. The van der Waals surface area contributed by atoms with Gasteiger partial charge in [-0.05, 0) is 30.4 Å². The van der Waals surface area contributed by atoms with Gasteiger partial charge in [-0.1, -0.05) is 26.0 Å². The number of nitrogens with zero attached hydrogens (tertiary/aromatic N) is 1. The van der Waals surface area contributed by atoms with Crippen LogP contribution in [-0.2, 0) is 0 Å². The van der Waals surface area contributed by atoms with Gasteiger partial charge in [-0.25, -0.2) is 9.59 Å². The zero-order valence-corrected chi connectivity index (χ0v) is 11.8. The Labute approximate surface area is 118 Å². The molecule has 108 valence electrons. The van der Waals surface area contributed by atoms with Crippen molar-refractivity contribution in [1.82, 2.24) is 4.90 Å². The Hall–Kier alpha value is -2.04. The molecule has 1 aromatic rings. The number of anilines is 1. The zero-order chi connectivity index (χ0) is 14.7. The molecule has 0 bridgehead atoms. The number of amides is 2. The number of para-hydroxylation sites is 1. The van der Waals surface area contributed by atoms with Crippen LogP contribution in [0, 0.1) is 11.8 Å². The maximum Gasteiger partial charge on any atom is 0.337 e. The number of carboxylic acids is 1. The molecule has 1 fully saturated rings. The Kier molecular flexibility index (Phi) is 4.27. The fourth-order valence-electron chi connectivity index (χ4n) is 2.49. The molecule has 1 saturated heterocycles. The van der Waals surface area contributed by atoms with Crippen LogP contribution in [0.5, 0.6) is 0 Å². The first-order valence-corrected chi connectivity index (χ1v) is 6.87. The largest absolute Gasteiger partial charge is 0.478 e. The summed E-state index contributed by atoms with van der Waals surface area (Å²) in [7, 11) is 0. The highest BCUT2D eigenvalue weighted by Gasteiger charge is 2.28. The highest BCUT2D eigenvalue weighted by Crippen LogP contribution is 2.24. The first kappa shape index (κ1) is 14.4. The minimum absolute atomic E-state index is 0.112. The van der Waals surface area contributed by atoms with Gasteiger partial charge in [-0.3, -0.25) is 0 Å². The van der Waals surface area contributed by atoms with E-state index < -0.39 is 5.97 Å². The summed E-state index contributed by atoms with van der Waals surface area (Å²) in [5.41, 5.74) is 0.457. The lowest BCUT2D eigenvalue weighted by Crippen LogP contribution is -2.33. The van der Waals surface area contributed by atoms with Gasteiger partial charge >= 0.3 is 12.0 Å². The molecule has 1 unspecified atom stereocenters. The Morgan fingerprint density at radius 2 is 2.05 bits per heavy atom. The van der Waals surface area contributed by atoms with Crippen LogP contribution in [-0.4, -0.2) is 35.1 Å². The second-order valence-corrected chi connectivity index (χ2v) is 5.52. The normalized spacial score (nSPS) is 18.4. The topological polar surface area (TPSA) is 69.6 Å². The number of hydrogen-bond acceptors (Lipinski definition) is 2. The van der Waals surface area contributed by atoms with Crippen molar-refractivity contribution in [2.75, 3.05) is 18.4 Å². The first-order chi connectivity index (χ1) is 9.49. The fraction of sp³-hybridized carbons (Fsp3) is 0.467. The molecule has 0 aliphatic carbocycles. The summed E-state index contributed by atoms with van der Waals surface area (Å²) in [6.07, 6.45) is 1.01. The molecule has 1 aromatic carbocycles. The lowest BCUT2D eigenvalue weighted by molar-refractivity contribution is 0.0698. The number of nitrogens with one attached hydrogen (secondary N) is 1. The van der Waals surface area contributed by atoms with E-state index in [4.69, 9.17) is 5.11 Å². The summed E-state index contributed by atoms with van der Waals surface area (Å²) < 4.78 is 0. The van der Waals surface area contributed by atoms with Crippen LogP contribution in [0.3, 0.4) is 0 Å². The summed E-state index contributed by atoms with van der Waals surface area (Å²) in [4.78, 5) is 25.0. The van der Waals surface area contributed by atoms with Crippen LogP contribution in [0.25, 0.3) is 0 Å². The third-order valence-electron chi connectivity index (χ3n) is 3.85. The number of urea groups is 1. The molecule has 2 amide bonds. The molecule has 2 rings (SSSR count). The van der Waals surface area contributed by atoms with E-state index in [0.717, 1.165) is 19.5 Å². The number of aromatic carboxylic acids is 1. The SMILES string of the molecule is CC(C)C1CCN(C(=O)Nc2ccccc2C(=O)O)C1. The molecular weight excluding hydrogens is 256 g/mol. The summed E-state index contributed by atoms with van der Waals surface area (Å²) >= 11 is 0. The average molecular weight is 276 g/mol. The van der Waals surface area contributed by atoms with E-state index in [1.165, 1.54) is 6.07 Å². The highest BCUT2D eigenvalue weighted by atomic mass is 16.4. The predicted octanol–water partition coefficient (Wildman–Crippen LogP) is 2.89. The molecule has 0 radical (unpaired) electrons. The number of likely N-dealkylation sites (tertiary alicyclic amines) is 1. The Morgan fingerprint density at radius 3 is 2.65 bits per heavy atom. The number of carboxylic acid groups (broad SMARTS) is 1. The van der Waals surface area contributed by atoms with E-state index in [2.05, 4.69) is 19.2 Å². The van der Waals surface area contributed by atoms with E-state index in [-0.39, 0.29) is 11.6 Å².